The van der Waals surface area contributed by atoms with Crippen LogP contribution in [0.3, 0.4) is 0 Å². The molecule has 0 N–H and O–H groups in total. The van der Waals surface area contributed by atoms with Crippen molar-refractivity contribution in [2.45, 2.75) is 79.1 Å². The highest BCUT2D eigenvalue weighted by Crippen LogP contribution is 2.23. The fraction of sp³-hybridized carbons (Fsp3) is 1.00. The molecule has 0 heterocycles. The molecule has 0 aliphatic heterocycles. The summed E-state index contributed by atoms with van der Waals surface area (Å²) < 4.78 is 33.1. The second-order valence-electron chi connectivity index (χ2n) is 6.87. The van der Waals surface area contributed by atoms with E-state index in [0.717, 1.165) is 26.1 Å². The van der Waals surface area contributed by atoms with Gasteiger partial charge in [0.2, 0.25) is 0 Å². The average Bonchev–Trinajstić information content (AvgIpc) is 2.66. The minimum Gasteiger partial charge on any atom is -0.379 e. The van der Waals surface area contributed by atoms with Crippen LogP contribution in [0.15, 0.2) is 0 Å². The van der Waals surface area contributed by atoms with Gasteiger partial charge in [-0.25, -0.2) is 0 Å². The third-order valence-electron chi connectivity index (χ3n) is 4.64. The van der Waals surface area contributed by atoms with E-state index in [0.29, 0.717) is 38.3 Å². The lowest BCUT2D eigenvalue weighted by Gasteiger charge is -2.14. The Morgan fingerprint density at radius 3 is 1.46 bits per heavy atom. The van der Waals surface area contributed by atoms with Gasteiger partial charge in [-0.15, -0.1) is 9.05 Å². The zero-order valence-electron chi connectivity index (χ0n) is 17.5. The van der Waals surface area contributed by atoms with E-state index in [4.69, 9.17) is 18.5 Å². The van der Waals surface area contributed by atoms with E-state index < -0.39 is 8.25 Å². The highest BCUT2D eigenvalue weighted by atomic mass is 31.1. The molecule has 0 fully saturated rings. The van der Waals surface area contributed by atoms with Crippen molar-refractivity contribution in [3.8, 4) is 0 Å². The maximum Gasteiger partial charge on any atom is 0.697 e. The fourth-order valence-electron chi connectivity index (χ4n) is 2.67. The summed E-state index contributed by atoms with van der Waals surface area (Å²) in [6, 6.07) is 0. The molecule has 26 heavy (non-hydrogen) atoms. The number of unbranched alkanes of at least 4 members (excludes halogenated alkanes) is 2. The number of hydrogen-bond acceptors (Lipinski definition) is 5. The summed E-state index contributed by atoms with van der Waals surface area (Å²) in [7, 11) is -2.08. The summed E-state index contributed by atoms with van der Waals surface area (Å²) in [6.45, 7) is 11.8. The van der Waals surface area contributed by atoms with E-state index in [1.54, 1.807) is 0 Å². The molecule has 0 aliphatic rings. The summed E-state index contributed by atoms with van der Waals surface area (Å²) >= 11 is 0. The van der Waals surface area contributed by atoms with E-state index in [9.17, 15) is 4.57 Å². The first-order valence-corrected chi connectivity index (χ1v) is 11.7. The van der Waals surface area contributed by atoms with Crippen LogP contribution in [0.25, 0.3) is 0 Å². The van der Waals surface area contributed by atoms with E-state index >= 15 is 0 Å². The lowest BCUT2D eigenvalue weighted by Crippen LogP contribution is -2.12. The summed E-state index contributed by atoms with van der Waals surface area (Å²) in [5, 5.41) is 0. The van der Waals surface area contributed by atoms with Gasteiger partial charge in [0.15, 0.2) is 0 Å². The highest BCUT2D eigenvalue weighted by molar-refractivity contribution is 7.33. The van der Waals surface area contributed by atoms with Crippen molar-refractivity contribution in [2.24, 2.45) is 11.8 Å². The van der Waals surface area contributed by atoms with Gasteiger partial charge in [-0.3, -0.25) is 0 Å². The highest BCUT2D eigenvalue weighted by Gasteiger charge is 2.20. The standard InChI is InChI=1S/C20H42O5P/c1-5-9-11-19(7-3)17-22-13-15-24-26(21)25-16-14-23-18-20(8-4)12-10-6-2/h19-20H,5-18H2,1-4H3/q+1. The molecule has 2 unspecified atom stereocenters. The monoisotopic (exact) mass is 393 g/mol. The van der Waals surface area contributed by atoms with Crippen molar-refractivity contribution in [3.05, 3.63) is 0 Å². The third kappa shape index (κ3) is 16.1. The minimum absolute atomic E-state index is 0.301. The quantitative estimate of drug-likeness (QED) is 0.184. The number of hydrogen-bond donors (Lipinski definition) is 0. The Kier molecular flexibility index (Phi) is 19.6. The Morgan fingerprint density at radius 2 is 1.12 bits per heavy atom. The van der Waals surface area contributed by atoms with Crippen molar-refractivity contribution < 1.29 is 23.1 Å². The maximum absolute atomic E-state index is 11.6. The average molecular weight is 394 g/mol. The smallest absolute Gasteiger partial charge is 0.379 e. The van der Waals surface area contributed by atoms with Crippen molar-refractivity contribution in [1.29, 1.82) is 0 Å². The van der Waals surface area contributed by atoms with Crippen molar-refractivity contribution in [2.75, 3.05) is 39.6 Å². The Labute approximate surface area is 162 Å². The molecule has 156 valence electrons. The summed E-state index contributed by atoms with van der Waals surface area (Å²) in [6.07, 6.45) is 9.63. The Balaban J connectivity index is 3.51. The molecule has 6 heteroatoms. The Hall–Kier alpha value is -0.0600. The molecular weight excluding hydrogens is 351 g/mol. The predicted octanol–water partition coefficient (Wildman–Crippen LogP) is 6.14. The molecule has 0 rings (SSSR count). The van der Waals surface area contributed by atoms with Crippen LogP contribution in [-0.4, -0.2) is 39.6 Å². The first-order chi connectivity index (χ1) is 12.7. The molecule has 0 aliphatic carbocycles. The molecule has 0 aromatic rings. The first kappa shape index (κ1) is 25.9. The minimum atomic E-state index is -2.08. The molecule has 0 bridgehead atoms. The molecule has 2 atom stereocenters. The van der Waals surface area contributed by atoms with Gasteiger partial charge in [0.1, 0.15) is 13.2 Å². The second kappa shape index (κ2) is 19.7. The summed E-state index contributed by atoms with van der Waals surface area (Å²) in [5.41, 5.74) is 0. The van der Waals surface area contributed by atoms with Crippen LogP contribution >= 0.6 is 8.25 Å². The van der Waals surface area contributed by atoms with E-state index in [-0.39, 0.29) is 0 Å². The summed E-state index contributed by atoms with van der Waals surface area (Å²) in [5.74, 6) is 1.22. The predicted molar refractivity (Wildman–Crippen MR) is 108 cm³/mol. The van der Waals surface area contributed by atoms with Crippen LogP contribution in [0.1, 0.15) is 79.1 Å². The molecule has 0 saturated heterocycles. The van der Waals surface area contributed by atoms with Crippen LogP contribution < -0.4 is 0 Å². The zero-order chi connectivity index (χ0) is 19.5. The Morgan fingerprint density at radius 1 is 0.692 bits per heavy atom. The molecule has 5 nitrogen and oxygen atoms in total. The lowest BCUT2D eigenvalue weighted by molar-refractivity contribution is 0.0552. The molecule has 0 saturated carbocycles. The number of rotatable bonds is 20. The molecular formula is C20H42O5P+. The van der Waals surface area contributed by atoms with Crippen LogP contribution in [0.5, 0.6) is 0 Å². The van der Waals surface area contributed by atoms with Gasteiger partial charge in [0.05, 0.1) is 13.2 Å². The third-order valence-corrected chi connectivity index (χ3v) is 5.43. The van der Waals surface area contributed by atoms with Crippen molar-refractivity contribution in [3.63, 3.8) is 0 Å². The van der Waals surface area contributed by atoms with Gasteiger partial charge in [-0.2, -0.15) is 0 Å². The molecule has 0 aromatic heterocycles. The van der Waals surface area contributed by atoms with Crippen LogP contribution in [-0.2, 0) is 23.1 Å². The SMILES string of the molecule is CCCCC(CC)COCCO[P+](=O)OCCOCC(CC)CCCC. The fourth-order valence-corrected chi connectivity index (χ4v) is 3.20. The summed E-state index contributed by atoms with van der Waals surface area (Å²) in [4.78, 5) is 0. The first-order valence-electron chi connectivity index (χ1n) is 10.6. The van der Waals surface area contributed by atoms with Crippen LogP contribution in [0, 0.1) is 11.8 Å². The molecule has 0 amide bonds. The van der Waals surface area contributed by atoms with Gasteiger partial charge in [-0.1, -0.05) is 66.2 Å². The van der Waals surface area contributed by atoms with Gasteiger partial charge in [0.25, 0.3) is 0 Å². The topological polar surface area (TPSA) is 54.0 Å². The lowest BCUT2D eigenvalue weighted by atomic mass is 10.0. The maximum atomic E-state index is 11.6. The number of ether oxygens (including phenoxy) is 2. The van der Waals surface area contributed by atoms with E-state index in [1.807, 2.05) is 0 Å². The second-order valence-corrected chi connectivity index (χ2v) is 7.84. The van der Waals surface area contributed by atoms with E-state index in [2.05, 4.69) is 27.7 Å². The molecule has 0 spiro atoms. The van der Waals surface area contributed by atoms with E-state index in [1.165, 1.54) is 38.5 Å². The zero-order valence-corrected chi connectivity index (χ0v) is 18.4. The van der Waals surface area contributed by atoms with Gasteiger partial charge in [-0.05, 0) is 24.7 Å². The normalized spacial score (nSPS) is 14.4. The van der Waals surface area contributed by atoms with Crippen molar-refractivity contribution >= 4 is 8.25 Å². The van der Waals surface area contributed by atoms with Crippen molar-refractivity contribution in [1.82, 2.24) is 0 Å². The van der Waals surface area contributed by atoms with Gasteiger partial charge >= 0.3 is 8.25 Å². The molecule has 0 aromatic carbocycles. The van der Waals surface area contributed by atoms with Gasteiger partial charge in [0, 0.05) is 17.8 Å². The van der Waals surface area contributed by atoms with Crippen LogP contribution in [0.2, 0.25) is 0 Å². The Bertz CT molecular complexity index is 287. The molecule has 0 radical (unpaired) electrons. The largest absolute Gasteiger partial charge is 0.697 e. The van der Waals surface area contributed by atoms with Crippen LogP contribution in [0.4, 0.5) is 0 Å². The van der Waals surface area contributed by atoms with Gasteiger partial charge < -0.3 is 9.47 Å².